The third kappa shape index (κ3) is 11.6. The Labute approximate surface area is 151 Å². The van der Waals surface area contributed by atoms with Gasteiger partial charge in [0.2, 0.25) is 0 Å². The zero-order valence-electron chi connectivity index (χ0n) is 16.7. The highest BCUT2D eigenvalue weighted by molar-refractivity contribution is 5.26. The summed E-state index contributed by atoms with van der Waals surface area (Å²) in [6, 6.07) is 9.03. The summed E-state index contributed by atoms with van der Waals surface area (Å²) in [6.07, 6.45) is 15.4. The molecule has 2 nitrogen and oxygen atoms in total. The summed E-state index contributed by atoms with van der Waals surface area (Å²) >= 11 is 0. The minimum absolute atomic E-state index is 0. The topological polar surface area (TPSA) is 30.0 Å². The average Bonchev–Trinajstić information content (AvgIpc) is 2.49. The molecule has 0 aliphatic rings. The van der Waals surface area contributed by atoms with E-state index >= 15 is 0 Å². The van der Waals surface area contributed by atoms with Gasteiger partial charge in [0.15, 0.2) is 0 Å². The molecule has 1 rings (SSSR count). The first-order chi connectivity index (χ1) is 11.0. The number of aryl methyl sites for hydroxylation is 1. The van der Waals surface area contributed by atoms with Gasteiger partial charge in [0.25, 0.3) is 0 Å². The first-order valence-electron chi connectivity index (χ1n) is 9.90. The maximum Gasteiger partial charge on any atom is 0.104 e. The van der Waals surface area contributed by atoms with Gasteiger partial charge in [-0.25, -0.2) is 0 Å². The Morgan fingerprint density at radius 1 is 0.667 bits per heavy atom. The maximum atomic E-state index is 2.33. The van der Waals surface area contributed by atoms with Crippen LogP contribution in [0.1, 0.15) is 82.3 Å². The van der Waals surface area contributed by atoms with E-state index in [2.05, 4.69) is 52.3 Å². The van der Waals surface area contributed by atoms with E-state index < -0.39 is 0 Å². The molecule has 140 valence electrons. The van der Waals surface area contributed by atoms with E-state index in [9.17, 15) is 0 Å². The van der Waals surface area contributed by atoms with Crippen LogP contribution in [0.15, 0.2) is 24.3 Å². The van der Waals surface area contributed by atoms with Crippen molar-refractivity contribution in [2.75, 3.05) is 21.1 Å². The molecule has 2 heteroatoms. The van der Waals surface area contributed by atoms with E-state index in [1.165, 1.54) is 76.2 Å². The Kier molecular flexibility index (Phi) is 13.0. The first kappa shape index (κ1) is 23.1. The summed E-state index contributed by atoms with van der Waals surface area (Å²) in [5, 5.41) is 0. The first-order valence-corrected chi connectivity index (χ1v) is 9.90. The molecular formula is C22H41NO. The lowest BCUT2D eigenvalue weighted by molar-refractivity contribution is -0.884. The predicted octanol–water partition coefficient (Wildman–Crippen LogP) is 6.18. The van der Waals surface area contributed by atoms with E-state index in [0.29, 0.717) is 0 Å². The van der Waals surface area contributed by atoms with E-state index in [4.69, 9.17) is 0 Å². The van der Waals surface area contributed by atoms with Crippen LogP contribution >= 0.6 is 0 Å². The number of rotatable bonds is 13. The Morgan fingerprint density at radius 3 is 1.62 bits per heavy atom. The number of hydrogen-bond acceptors (Lipinski definition) is 1. The lowest BCUT2D eigenvalue weighted by Crippen LogP contribution is -2.33. The van der Waals surface area contributed by atoms with Crippen molar-refractivity contribution in [3.8, 4) is 0 Å². The van der Waals surface area contributed by atoms with Crippen LogP contribution in [-0.2, 0) is 13.0 Å². The van der Waals surface area contributed by atoms with Crippen LogP contribution in [0.5, 0.6) is 0 Å². The van der Waals surface area contributed by atoms with Crippen molar-refractivity contribution in [3.63, 3.8) is 0 Å². The quantitative estimate of drug-likeness (QED) is 0.313. The standard InChI is InChI=1S/C22H40N.H2O/c1-5-6-7-8-9-10-11-12-13-14-17-21-18-15-16-19-22(21)20-23(2,3)4;/h15-16,18-19H,5-14,17,20H2,1-4H3;1H2/q+1;/p-1. The van der Waals surface area contributed by atoms with Gasteiger partial charge >= 0.3 is 0 Å². The fourth-order valence-corrected chi connectivity index (χ4v) is 3.27. The van der Waals surface area contributed by atoms with Gasteiger partial charge in [-0.2, -0.15) is 0 Å². The van der Waals surface area contributed by atoms with Gasteiger partial charge in [-0.15, -0.1) is 0 Å². The van der Waals surface area contributed by atoms with E-state index in [1.807, 2.05) is 0 Å². The summed E-state index contributed by atoms with van der Waals surface area (Å²) in [4.78, 5) is 0. The lowest BCUT2D eigenvalue weighted by atomic mass is 9.99. The molecule has 0 radical (unpaired) electrons. The number of benzene rings is 1. The molecule has 0 saturated heterocycles. The average molecular weight is 336 g/mol. The molecule has 1 aromatic carbocycles. The van der Waals surface area contributed by atoms with Crippen molar-refractivity contribution in [1.29, 1.82) is 0 Å². The fourth-order valence-electron chi connectivity index (χ4n) is 3.27. The van der Waals surface area contributed by atoms with Crippen LogP contribution < -0.4 is 0 Å². The van der Waals surface area contributed by atoms with Crippen molar-refractivity contribution in [2.24, 2.45) is 0 Å². The van der Waals surface area contributed by atoms with Gasteiger partial charge < -0.3 is 9.96 Å². The minimum atomic E-state index is 0. The summed E-state index contributed by atoms with van der Waals surface area (Å²) in [6.45, 7) is 3.42. The van der Waals surface area contributed by atoms with Crippen molar-refractivity contribution in [1.82, 2.24) is 0 Å². The van der Waals surface area contributed by atoms with Gasteiger partial charge in [-0.05, 0) is 18.4 Å². The summed E-state index contributed by atoms with van der Waals surface area (Å²) < 4.78 is 1.01. The molecule has 0 bridgehead atoms. The maximum absolute atomic E-state index is 2.33. The highest BCUT2D eigenvalue weighted by atomic mass is 16.0. The summed E-state index contributed by atoms with van der Waals surface area (Å²) in [5.41, 5.74) is 3.11. The van der Waals surface area contributed by atoms with E-state index in [-0.39, 0.29) is 5.48 Å². The van der Waals surface area contributed by atoms with E-state index in [1.54, 1.807) is 5.56 Å². The normalized spacial score (nSPS) is 11.3. The van der Waals surface area contributed by atoms with Crippen LogP contribution in [-0.4, -0.2) is 31.1 Å². The molecule has 0 aromatic heterocycles. The Morgan fingerprint density at radius 2 is 1.12 bits per heavy atom. The smallest absolute Gasteiger partial charge is 0.104 e. The molecule has 0 atom stereocenters. The van der Waals surface area contributed by atoms with Gasteiger partial charge in [-0.1, -0.05) is 89.0 Å². The monoisotopic (exact) mass is 335 g/mol. The van der Waals surface area contributed by atoms with E-state index in [0.717, 1.165) is 11.0 Å². The molecule has 0 aliphatic heterocycles. The second kappa shape index (κ2) is 13.4. The predicted molar refractivity (Wildman–Crippen MR) is 106 cm³/mol. The molecule has 0 saturated carbocycles. The molecule has 1 N–H and O–H groups in total. The molecule has 0 heterocycles. The van der Waals surface area contributed by atoms with Crippen molar-refractivity contribution in [3.05, 3.63) is 35.4 Å². The van der Waals surface area contributed by atoms with Gasteiger partial charge in [0.05, 0.1) is 21.1 Å². The van der Waals surface area contributed by atoms with Gasteiger partial charge in [0.1, 0.15) is 6.54 Å². The summed E-state index contributed by atoms with van der Waals surface area (Å²) in [5.74, 6) is 0. The van der Waals surface area contributed by atoms with Crippen LogP contribution in [0.3, 0.4) is 0 Å². The largest absolute Gasteiger partial charge is 0.870 e. The third-order valence-electron chi connectivity index (χ3n) is 4.56. The molecule has 0 aliphatic carbocycles. The van der Waals surface area contributed by atoms with Crippen LogP contribution in [0.4, 0.5) is 0 Å². The molecule has 0 amide bonds. The molecule has 0 spiro atoms. The Hall–Kier alpha value is -0.860. The van der Waals surface area contributed by atoms with Crippen LogP contribution in [0.25, 0.3) is 0 Å². The second-order valence-electron chi connectivity index (χ2n) is 8.15. The molecule has 1 aromatic rings. The highest BCUT2D eigenvalue weighted by Gasteiger charge is 2.11. The molecule has 0 unspecified atom stereocenters. The van der Waals surface area contributed by atoms with Crippen LogP contribution in [0, 0.1) is 0 Å². The van der Waals surface area contributed by atoms with Crippen molar-refractivity contribution >= 4 is 0 Å². The Balaban J connectivity index is 0.00000529. The molecule has 0 fully saturated rings. The van der Waals surface area contributed by atoms with Gasteiger partial charge in [-0.3, -0.25) is 0 Å². The van der Waals surface area contributed by atoms with Crippen LogP contribution in [0.2, 0.25) is 0 Å². The number of nitrogens with zero attached hydrogens (tertiary/aromatic N) is 1. The highest BCUT2D eigenvalue weighted by Crippen LogP contribution is 2.17. The van der Waals surface area contributed by atoms with Crippen molar-refractivity contribution in [2.45, 2.75) is 84.1 Å². The van der Waals surface area contributed by atoms with Crippen molar-refractivity contribution < 1.29 is 9.96 Å². The zero-order chi connectivity index (χ0) is 17.0. The van der Waals surface area contributed by atoms with Gasteiger partial charge in [0, 0.05) is 5.56 Å². The SMILES string of the molecule is CCCCCCCCCCCCc1ccccc1C[N+](C)(C)C.[OH-]. The minimum Gasteiger partial charge on any atom is -0.870 e. The second-order valence-corrected chi connectivity index (χ2v) is 8.15. The molecule has 24 heavy (non-hydrogen) atoms. The number of hydrogen-bond donors (Lipinski definition) is 0. The summed E-state index contributed by atoms with van der Waals surface area (Å²) in [7, 11) is 6.83. The molecular weight excluding hydrogens is 294 g/mol. The zero-order valence-corrected chi connectivity index (χ0v) is 16.7. The number of unbranched alkanes of at least 4 members (excludes halogenated alkanes) is 9. The third-order valence-corrected chi connectivity index (χ3v) is 4.56. The number of quaternary nitrogens is 1. The Bertz CT molecular complexity index is 409. The lowest BCUT2D eigenvalue weighted by Gasteiger charge is -2.25. The fraction of sp³-hybridized carbons (Fsp3) is 0.727.